The Labute approximate surface area is 163 Å². The maximum Gasteiger partial charge on any atom is 0.203 e. The lowest BCUT2D eigenvalue weighted by molar-refractivity contribution is 1.19. The third-order valence-corrected chi connectivity index (χ3v) is 4.93. The first-order valence-electron chi connectivity index (χ1n) is 8.80. The van der Waals surface area contributed by atoms with E-state index in [2.05, 4.69) is 64.0 Å². The van der Waals surface area contributed by atoms with Crippen molar-refractivity contribution in [2.24, 2.45) is 5.10 Å². The summed E-state index contributed by atoms with van der Waals surface area (Å²) in [6, 6.07) is 29.1. The highest BCUT2D eigenvalue weighted by atomic mass is 32.1. The molecule has 0 amide bonds. The number of hydrogen-bond donors (Lipinski definition) is 1. The van der Waals surface area contributed by atoms with Gasteiger partial charge >= 0.3 is 0 Å². The number of benzene rings is 3. The number of hydrogen-bond acceptors (Lipinski definition) is 4. The van der Waals surface area contributed by atoms with Gasteiger partial charge in [0.25, 0.3) is 0 Å². The normalized spacial score (nSPS) is 11.0. The Bertz CT molecular complexity index is 1010. The molecule has 4 heteroatoms. The Morgan fingerprint density at radius 3 is 2.22 bits per heavy atom. The van der Waals surface area contributed by atoms with Gasteiger partial charge in [0.1, 0.15) is 0 Å². The zero-order valence-electron chi connectivity index (χ0n) is 14.7. The first-order chi connectivity index (χ1) is 13.4. The minimum atomic E-state index is 0.783. The predicted molar refractivity (Wildman–Crippen MR) is 114 cm³/mol. The molecule has 3 nitrogen and oxygen atoms in total. The monoisotopic (exact) mass is 369 g/mol. The van der Waals surface area contributed by atoms with E-state index in [-0.39, 0.29) is 0 Å². The van der Waals surface area contributed by atoms with Gasteiger partial charge in [0.15, 0.2) is 0 Å². The van der Waals surface area contributed by atoms with E-state index < -0.39 is 0 Å². The van der Waals surface area contributed by atoms with Gasteiger partial charge in [0, 0.05) is 10.9 Å². The molecule has 0 saturated carbocycles. The summed E-state index contributed by atoms with van der Waals surface area (Å²) in [7, 11) is 0. The van der Waals surface area contributed by atoms with Crippen LogP contribution in [0.4, 0.5) is 5.13 Å². The smallest absolute Gasteiger partial charge is 0.203 e. The summed E-state index contributed by atoms with van der Waals surface area (Å²) in [5, 5.41) is 7.08. The van der Waals surface area contributed by atoms with E-state index in [4.69, 9.17) is 0 Å². The summed E-state index contributed by atoms with van der Waals surface area (Å²) in [6.45, 7) is 0. The number of hydrazone groups is 1. The number of nitrogens with one attached hydrogen (secondary N) is 1. The molecule has 1 N–H and O–H groups in total. The summed E-state index contributed by atoms with van der Waals surface area (Å²) >= 11 is 1.55. The van der Waals surface area contributed by atoms with Crippen LogP contribution in [-0.2, 0) is 6.42 Å². The SMILES string of the molecule is C(=N\Nc1nc(-c2ccc(Cc3ccccc3)cc2)cs1)/c1ccccc1. The molecule has 0 fully saturated rings. The summed E-state index contributed by atoms with van der Waals surface area (Å²) in [5.74, 6) is 0. The fourth-order valence-corrected chi connectivity index (χ4v) is 3.45. The van der Waals surface area contributed by atoms with Crippen molar-refractivity contribution >= 4 is 22.7 Å². The van der Waals surface area contributed by atoms with Crippen molar-refractivity contribution in [1.29, 1.82) is 0 Å². The van der Waals surface area contributed by atoms with Gasteiger partial charge in [-0.1, -0.05) is 84.9 Å². The quantitative estimate of drug-likeness (QED) is 0.342. The van der Waals surface area contributed by atoms with E-state index in [9.17, 15) is 0 Å². The molecule has 0 aliphatic rings. The summed E-state index contributed by atoms with van der Waals surface area (Å²) in [4.78, 5) is 4.62. The predicted octanol–water partition coefficient (Wildman–Crippen LogP) is 5.85. The summed E-state index contributed by atoms with van der Waals surface area (Å²) in [5.41, 5.74) is 8.75. The zero-order valence-corrected chi connectivity index (χ0v) is 15.6. The van der Waals surface area contributed by atoms with Crippen LogP contribution in [0.1, 0.15) is 16.7 Å². The molecule has 3 aromatic carbocycles. The van der Waals surface area contributed by atoms with Crippen LogP contribution in [0.5, 0.6) is 0 Å². The minimum Gasteiger partial charge on any atom is -0.253 e. The van der Waals surface area contributed by atoms with Gasteiger partial charge in [-0.05, 0) is 23.1 Å². The highest BCUT2D eigenvalue weighted by Gasteiger charge is 2.04. The van der Waals surface area contributed by atoms with E-state index in [1.807, 2.05) is 41.8 Å². The first-order valence-corrected chi connectivity index (χ1v) is 9.68. The lowest BCUT2D eigenvalue weighted by atomic mass is 10.0. The summed E-state index contributed by atoms with van der Waals surface area (Å²) < 4.78 is 0. The number of rotatable bonds is 6. The molecule has 0 radical (unpaired) electrons. The molecule has 0 bridgehead atoms. The molecule has 27 heavy (non-hydrogen) atoms. The van der Waals surface area contributed by atoms with E-state index in [0.29, 0.717) is 0 Å². The second-order valence-electron chi connectivity index (χ2n) is 6.18. The Morgan fingerprint density at radius 2 is 1.48 bits per heavy atom. The topological polar surface area (TPSA) is 37.3 Å². The Balaban J connectivity index is 1.40. The second-order valence-corrected chi connectivity index (χ2v) is 7.04. The number of anilines is 1. The molecule has 0 spiro atoms. The average Bonchev–Trinajstić information content (AvgIpc) is 3.19. The van der Waals surface area contributed by atoms with Crippen molar-refractivity contribution in [1.82, 2.24) is 4.98 Å². The molecular formula is C23H19N3S. The minimum absolute atomic E-state index is 0.783. The standard InChI is InChI=1S/C23H19N3S/c1-3-7-18(8-4-1)15-19-11-13-21(14-12-19)22-17-27-23(25-22)26-24-16-20-9-5-2-6-10-20/h1-14,16-17H,15H2,(H,25,26)/b24-16+. The van der Waals surface area contributed by atoms with E-state index in [1.165, 1.54) is 11.1 Å². The van der Waals surface area contributed by atoms with Crippen LogP contribution in [0.15, 0.2) is 95.4 Å². The van der Waals surface area contributed by atoms with Gasteiger partial charge in [-0.25, -0.2) is 4.98 Å². The average molecular weight is 369 g/mol. The molecule has 4 aromatic rings. The van der Waals surface area contributed by atoms with Crippen LogP contribution in [0, 0.1) is 0 Å². The van der Waals surface area contributed by atoms with Gasteiger partial charge in [0.2, 0.25) is 5.13 Å². The van der Waals surface area contributed by atoms with E-state index >= 15 is 0 Å². The fourth-order valence-electron chi connectivity index (χ4n) is 2.78. The molecule has 0 unspecified atom stereocenters. The highest BCUT2D eigenvalue weighted by molar-refractivity contribution is 7.14. The molecule has 132 valence electrons. The van der Waals surface area contributed by atoms with Gasteiger partial charge in [-0.3, -0.25) is 5.43 Å². The van der Waals surface area contributed by atoms with Crippen LogP contribution < -0.4 is 5.43 Å². The van der Waals surface area contributed by atoms with Gasteiger partial charge in [-0.2, -0.15) is 5.10 Å². The van der Waals surface area contributed by atoms with Gasteiger partial charge in [0.05, 0.1) is 11.9 Å². The third-order valence-electron chi connectivity index (χ3n) is 4.18. The Hall–Kier alpha value is -3.24. The molecule has 0 saturated heterocycles. The number of aromatic nitrogens is 1. The summed E-state index contributed by atoms with van der Waals surface area (Å²) in [6.07, 6.45) is 2.73. The van der Waals surface area contributed by atoms with Crippen LogP contribution in [0.3, 0.4) is 0 Å². The number of thiazole rings is 1. The molecule has 0 aliphatic carbocycles. The molecule has 1 aromatic heterocycles. The molecular weight excluding hydrogens is 350 g/mol. The van der Waals surface area contributed by atoms with Crippen molar-refractivity contribution < 1.29 is 0 Å². The molecule has 0 atom stereocenters. The Kier molecular flexibility index (Phi) is 5.36. The maximum atomic E-state index is 4.62. The molecule has 0 aliphatic heterocycles. The number of nitrogens with zero attached hydrogens (tertiary/aromatic N) is 2. The maximum absolute atomic E-state index is 4.62. The highest BCUT2D eigenvalue weighted by Crippen LogP contribution is 2.25. The zero-order chi connectivity index (χ0) is 18.3. The van der Waals surface area contributed by atoms with Crippen molar-refractivity contribution in [2.75, 3.05) is 5.43 Å². The van der Waals surface area contributed by atoms with Gasteiger partial charge in [-0.15, -0.1) is 11.3 Å². The largest absolute Gasteiger partial charge is 0.253 e. The van der Waals surface area contributed by atoms with E-state index in [1.54, 1.807) is 17.6 Å². The molecule has 4 rings (SSSR count). The molecule has 1 heterocycles. The fraction of sp³-hybridized carbons (Fsp3) is 0.0435. The lowest BCUT2D eigenvalue weighted by Gasteiger charge is -2.03. The van der Waals surface area contributed by atoms with Crippen molar-refractivity contribution in [3.8, 4) is 11.3 Å². The first kappa shape index (κ1) is 17.2. The van der Waals surface area contributed by atoms with Crippen LogP contribution in [-0.4, -0.2) is 11.2 Å². The van der Waals surface area contributed by atoms with Gasteiger partial charge < -0.3 is 0 Å². The van der Waals surface area contributed by atoms with Crippen molar-refractivity contribution in [3.05, 3.63) is 107 Å². The van der Waals surface area contributed by atoms with Crippen molar-refractivity contribution in [2.45, 2.75) is 6.42 Å². The van der Waals surface area contributed by atoms with Crippen LogP contribution in [0.25, 0.3) is 11.3 Å². The van der Waals surface area contributed by atoms with Crippen LogP contribution >= 0.6 is 11.3 Å². The second kappa shape index (κ2) is 8.43. The third kappa shape index (κ3) is 4.68. The van der Waals surface area contributed by atoms with Crippen LogP contribution in [0.2, 0.25) is 0 Å². The van der Waals surface area contributed by atoms with E-state index in [0.717, 1.165) is 28.4 Å². The van der Waals surface area contributed by atoms with Crippen molar-refractivity contribution in [3.63, 3.8) is 0 Å². The lowest BCUT2D eigenvalue weighted by Crippen LogP contribution is -1.90. The Morgan fingerprint density at radius 1 is 0.815 bits per heavy atom.